The van der Waals surface area contributed by atoms with Crippen LogP contribution in [0.15, 0.2) is 0 Å². The van der Waals surface area contributed by atoms with Crippen LogP contribution in [-0.2, 0) is 4.79 Å². The quantitative estimate of drug-likeness (QED) is 0.758. The van der Waals surface area contributed by atoms with E-state index in [1.54, 1.807) is 6.92 Å². The van der Waals surface area contributed by atoms with Gasteiger partial charge in [0.15, 0.2) is 0 Å². The van der Waals surface area contributed by atoms with Crippen molar-refractivity contribution in [2.24, 2.45) is 5.41 Å². The van der Waals surface area contributed by atoms with Gasteiger partial charge in [-0.15, -0.1) is 0 Å². The number of alkyl halides is 3. The number of carbonyl (C=O) groups excluding carboxylic acids is 1. The molecule has 1 rings (SSSR count). The van der Waals surface area contributed by atoms with Gasteiger partial charge < -0.3 is 5.32 Å². The first-order valence-electron chi connectivity index (χ1n) is 4.71. The van der Waals surface area contributed by atoms with Crippen molar-refractivity contribution < 1.29 is 18.0 Å². The highest BCUT2D eigenvalue weighted by Gasteiger charge is 2.68. The van der Waals surface area contributed by atoms with Crippen molar-refractivity contribution >= 4 is 5.91 Å². The molecule has 82 valence electrons. The standard InChI is InChI=1S/C9H14F3NO/c1-3-6(2)13-7(14)8(4-5-8)9(10,11)12/h6H,3-5H2,1-2H3,(H,13,14). The van der Waals surface area contributed by atoms with Gasteiger partial charge in [-0.3, -0.25) is 4.79 Å². The lowest BCUT2D eigenvalue weighted by Gasteiger charge is -2.20. The number of hydrogen-bond donors (Lipinski definition) is 1. The van der Waals surface area contributed by atoms with E-state index in [2.05, 4.69) is 5.32 Å². The maximum atomic E-state index is 12.4. The second-order valence-electron chi connectivity index (χ2n) is 3.86. The molecule has 14 heavy (non-hydrogen) atoms. The van der Waals surface area contributed by atoms with Gasteiger partial charge >= 0.3 is 6.18 Å². The molecule has 1 aliphatic rings. The van der Waals surface area contributed by atoms with Crippen molar-refractivity contribution in [3.8, 4) is 0 Å². The Kier molecular flexibility index (Phi) is 2.78. The molecule has 2 nitrogen and oxygen atoms in total. The average molecular weight is 209 g/mol. The van der Waals surface area contributed by atoms with Gasteiger partial charge in [0, 0.05) is 6.04 Å². The van der Waals surface area contributed by atoms with Crippen LogP contribution in [0.5, 0.6) is 0 Å². The van der Waals surface area contributed by atoms with Crippen molar-refractivity contribution in [1.82, 2.24) is 5.32 Å². The molecular weight excluding hydrogens is 195 g/mol. The first-order valence-corrected chi connectivity index (χ1v) is 4.71. The second kappa shape index (κ2) is 3.44. The van der Waals surface area contributed by atoms with E-state index in [1.165, 1.54) is 0 Å². The van der Waals surface area contributed by atoms with Crippen molar-refractivity contribution in [1.29, 1.82) is 0 Å². The van der Waals surface area contributed by atoms with Crippen molar-refractivity contribution in [2.75, 3.05) is 0 Å². The number of rotatable bonds is 3. The smallest absolute Gasteiger partial charge is 0.353 e. The van der Waals surface area contributed by atoms with E-state index in [0.717, 1.165) is 0 Å². The third-order valence-electron chi connectivity index (χ3n) is 2.72. The summed E-state index contributed by atoms with van der Waals surface area (Å²) in [5, 5.41) is 2.38. The zero-order valence-electron chi connectivity index (χ0n) is 8.24. The van der Waals surface area contributed by atoms with Crippen LogP contribution < -0.4 is 5.32 Å². The zero-order chi connectivity index (χ0) is 11.0. The normalized spacial score (nSPS) is 21.5. The Morgan fingerprint density at radius 1 is 1.50 bits per heavy atom. The van der Waals surface area contributed by atoms with Crippen LogP contribution in [0.4, 0.5) is 13.2 Å². The van der Waals surface area contributed by atoms with Gasteiger partial charge in [0.1, 0.15) is 5.41 Å². The van der Waals surface area contributed by atoms with Gasteiger partial charge in [-0.25, -0.2) is 0 Å². The number of halogens is 3. The molecular formula is C9H14F3NO. The zero-order valence-corrected chi connectivity index (χ0v) is 8.24. The number of hydrogen-bond acceptors (Lipinski definition) is 1. The maximum Gasteiger partial charge on any atom is 0.403 e. The van der Waals surface area contributed by atoms with Gasteiger partial charge in [0.05, 0.1) is 0 Å². The van der Waals surface area contributed by atoms with Crippen LogP contribution in [0.25, 0.3) is 0 Å². The van der Waals surface area contributed by atoms with E-state index >= 15 is 0 Å². The van der Waals surface area contributed by atoms with Crippen molar-refractivity contribution in [2.45, 2.75) is 45.3 Å². The molecule has 1 unspecified atom stereocenters. The Balaban J connectivity index is 2.61. The molecule has 1 fully saturated rings. The van der Waals surface area contributed by atoms with Crippen LogP contribution in [0.3, 0.4) is 0 Å². The topological polar surface area (TPSA) is 29.1 Å². The van der Waals surface area contributed by atoms with Gasteiger partial charge in [-0.1, -0.05) is 6.92 Å². The summed E-state index contributed by atoms with van der Waals surface area (Å²) in [7, 11) is 0. The molecule has 1 N–H and O–H groups in total. The summed E-state index contributed by atoms with van der Waals surface area (Å²) in [5.74, 6) is -0.862. The van der Waals surface area contributed by atoms with E-state index in [-0.39, 0.29) is 18.9 Å². The Bertz CT molecular complexity index is 233. The van der Waals surface area contributed by atoms with E-state index in [0.29, 0.717) is 6.42 Å². The summed E-state index contributed by atoms with van der Waals surface area (Å²) in [6, 6.07) is -0.192. The first kappa shape index (κ1) is 11.3. The fraction of sp³-hybridized carbons (Fsp3) is 0.889. The Labute approximate surface area is 80.9 Å². The SMILES string of the molecule is CCC(C)NC(=O)C1(C(F)(F)F)CC1. The summed E-state index contributed by atoms with van der Waals surface area (Å²) >= 11 is 0. The summed E-state index contributed by atoms with van der Waals surface area (Å²) in [5.41, 5.74) is -2.07. The largest absolute Gasteiger partial charge is 0.403 e. The highest BCUT2D eigenvalue weighted by molar-refractivity contribution is 5.86. The molecule has 0 aromatic heterocycles. The van der Waals surface area contributed by atoms with Crippen LogP contribution in [0.2, 0.25) is 0 Å². The minimum Gasteiger partial charge on any atom is -0.353 e. The monoisotopic (exact) mass is 209 g/mol. The summed E-state index contributed by atoms with van der Waals surface area (Å²) < 4.78 is 37.3. The molecule has 0 saturated heterocycles. The maximum absolute atomic E-state index is 12.4. The molecule has 0 radical (unpaired) electrons. The van der Waals surface area contributed by atoms with Crippen LogP contribution in [0.1, 0.15) is 33.1 Å². The van der Waals surface area contributed by atoms with Crippen molar-refractivity contribution in [3.05, 3.63) is 0 Å². The Hall–Kier alpha value is -0.740. The molecule has 1 amide bonds. The highest BCUT2D eigenvalue weighted by atomic mass is 19.4. The summed E-state index contributed by atoms with van der Waals surface area (Å²) in [6.07, 6.45) is -3.90. The first-order chi connectivity index (χ1) is 6.33. The van der Waals surface area contributed by atoms with E-state index < -0.39 is 17.5 Å². The lowest BCUT2D eigenvalue weighted by Crippen LogP contribution is -2.44. The minimum absolute atomic E-state index is 0.0707. The molecule has 0 aromatic carbocycles. The fourth-order valence-corrected chi connectivity index (χ4v) is 1.23. The molecule has 0 heterocycles. The molecule has 5 heteroatoms. The molecule has 0 aromatic rings. The third kappa shape index (κ3) is 1.86. The number of carbonyl (C=O) groups is 1. The molecule has 1 saturated carbocycles. The van der Waals surface area contributed by atoms with Gasteiger partial charge in [0.2, 0.25) is 5.91 Å². The molecule has 0 bridgehead atoms. The predicted molar refractivity (Wildman–Crippen MR) is 45.6 cm³/mol. The fourth-order valence-electron chi connectivity index (χ4n) is 1.23. The van der Waals surface area contributed by atoms with Crippen LogP contribution >= 0.6 is 0 Å². The van der Waals surface area contributed by atoms with Gasteiger partial charge in [-0.05, 0) is 26.2 Å². The van der Waals surface area contributed by atoms with E-state index in [4.69, 9.17) is 0 Å². The van der Waals surface area contributed by atoms with Crippen molar-refractivity contribution in [3.63, 3.8) is 0 Å². The number of nitrogens with one attached hydrogen (secondary N) is 1. The van der Waals surface area contributed by atoms with E-state index in [1.807, 2.05) is 6.92 Å². The van der Waals surface area contributed by atoms with Gasteiger partial charge in [-0.2, -0.15) is 13.2 Å². The minimum atomic E-state index is -4.40. The third-order valence-corrected chi connectivity index (χ3v) is 2.72. The average Bonchev–Trinajstić information content (AvgIpc) is 2.82. The highest BCUT2D eigenvalue weighted by Crippen LogP contribution is 2.57. The summed E-state index contributed by atoms with van der Waals surface area (Å²) in [4.78, 5) is 11.3. The molecule has 0 spiro atoms. The Morgan fingerprint density at radius 3 is 2.29 bits per heavy atom. The predicted octanol–water partition coefficient (Wildman–Crippen LogP) is 2.24. The molecule has 1 aliphatic carbocycles. The van der Waals surface area contributed by atoms with Gasteiger partial charge in [0.25, 0.3) is 0 Å². The molecule has 0 aliphatic heterocycles. The lowest BCUT2D eigenvalue weighted by molar-refractivity contribution is -0.192. The van der Waals surface area contributed by atoms with Crippen LogP contribution in [0, 0.1) is 5.41 Å². The van der Waals surface area contributed by atoms with E-state index in [9.17, 15) is 18.0 Å². The second-order valence-corrected chi connectivity index (χ2v) is 3.86. The lowest BCUT2D eigenvalue weighted by atomic mass is 10.1. The van der Waals surface area contributed by atoms with Crippen LogP contribution in [-0.4, -0.2) is 18.1 Å². The number of amides is 1. The summed E-state index contributed by atoms with van der Waals surface area (Å²) in [6.45, 7) is 3.52. The Morgan fingerprint density at radius 2 is 2.00 bits per heavy atom. The molecule has 1 atom stereocenters.